The molecule has 0 heterocycles. The largest absolute Gasteiger partial charge is 0.394 e. The number of aliphatic hydroxyl groups excluding tert-OH is 3. The Morgan fingerprint density at radius 3 is 2.42 bits per heavy atom. The lowest BCUT2D eigenvalue weighted by molar-refractivity contribution is -0.115. The summed E-state index contributed by atoms with van der Waals surface area (Å²) >= 11 is 0. The molecule has 3 unspecified atom stereocenters. The number of aliphatic hydroxyl groups is 4. The van der Waals surface area contributed by atoms with Gasteiger partial charge in [0.15, 0.2) is 0 Å². The second-order valence-corrected chi connectivity index (χ2v) is 11.7. The van der Waals surface area contributed by atoms with Crippen molar-refractivity contribution in [1.29, 1.82) is 0 Å². The van der Waals surface area contributed by atoms with Crippen LogP contribution in [0.1, 0.15) is 85.5 Å². The molecule has 0 aromatic heterocycles. The van der Waals surface area contributed by atoms with Crippen molar-refractivity contribution < 1.29 is 25.2 Å². The van der Waals surface area contributed by atoms with Gasteiger partial charge in [0, 0.05) is 0 Å². The van der Waals surface area contributed by atoms with Crippen LogP contribution in [0.15, 0.2) is 47.6 Å². The van der Waals surface area contributed by atoms with E-state index < -0.39 is 23.9 Å². The third-order valence-electron chi connectivity index (χ3n) is 9.47. The highest BCUT2D eigenvalue weighted by Gasteiger charge is 2.50. The molecule has 3 fully saturated rings. The quantitative estimate of drug-likeness (QED) is 0.307. The minimum atomic E-state index is -0.746. The lowest BCUT2D eigenvalue weighted by Gasteiger charge is -2.44. The molecule has 0 amide bonds. The molecule has 0 aromatic carbocycles. The van der Waals surface area contributed by atoms with Crippen molar-refractivity contribution in [3.05, 3.63) is 47.6 Å². The van der Waals surface area contributed by atoms with Crippen LogP contribution in [0.4, 0.5) is 0 Å². The van der Waals surface area contributed by atoms with Crippen molar-refractivity contribution in [3.8, 4) is 0 Å². The monoisotopic (exact) mass is 502 g/mol. The van der Waals surface area contributed by atoms with Crippen molar-refractivity contribution in [2.24, 2.45) is 23.2 Å². The van der Waals surface area contributed by atoms with Crippen molar-refractivity contribution >= 4 is 0 Å². The van der Waals surface area contributed by atoms with E-state index in [0.29, 0.717) is 36.0 Å². The van der Waals surface area contributed by atoms with Gasteiger partial charge in [0.2, 0.25) is 0 Å². The van der Waals surface area contributed by atoms with E-state index in [1.807, 2.05) is 26.0 Å². The molecule has 0 spiro atoms. The maximum absolute atomic E-state index is 10.5. The average molecular weight is 503 g/mol. The van der Waals surface area contributed by atoms with E-state index in [1.165, 1.54) is 31.3 Å². The third-order valence-corrected chi connectivity index (χ3v) is 9.47. The normalized spacial score (nSPS) is 35.6. The summed E-state index contributed by atoms with van der Waals surface area (Å²) in [6.45, 7) is 8.89. The Bertz CT molecular complexity index is 809. The first-order valence-electron chi connectivity index (χ1n) is 14.2. The molecule has 5 heteroatoms. The predicted octanol–water partition coefficient (Wildman–Crippen LogP) is 5.25. The summed E-state index contributed by atoms with van der Waals surface area (Å²) in [7, 11) is 0. The molecule has 0 bridgehead atoms. The molecule has 0 aromatic rings. The number of allylic oxidation sites excluding steroid dienone is 6. The van der Waals surface area contributed by atoms with Crippen LogP contribution in [0.3, 0.4) is 0 Å². The maximum Gasteiger partial charge on any atom is 0.110 e. The van der Waals surface area contributed by atoms with Crippen LogP contribution in [-0.2, 0) is 4.74 Å². The number of hydrogen-bond donors (Lipinski definition) is 4. The van der Waals surface area contributed by atoms with E-state index in [2.05, 4.69) is 38.2 Å². The van der Waals surface area contributed by atoms with Crippen LogP contribution in [0, 0.1) is 23.2 Å². The second kappa shape index (κ2) is 13.0. The summed E-state index contributed by atoms with van der Waals surface area (Å²) in [5.74, 6) is 1.71. The molecule has 3 saturated carbocycles. The minimum absolute atomic E-state index is 0.113. The van der Waals surface area contributed by atoms with Crippen LogP contribution >= 0.6 is 0 Å². The SMILES string of the molecule is CCC(O)(/C=C/C=C/[C@@H](C)C1CCC2/C(=C/C=C3C[C@@H](O)C(OCCO)[C@H](O)C3)CCCC21C)CC. The fourth-order valence-corrected chi connectivity index (χ4v) is 7.12. The minimum Gasteiger partial charge on any atom is -0.394 e. The second-order valence-electron chi connectivity index (χ2n) is 11.7. The van der Waals surface area contributed by atoms with Gasteiger partial charge in [-0.15, -0.1) is 0 Å². The maximum atomic E-state index is 10.5. The molecule has 3 aliphatic rings. The number of hydrogen-bond acceptors (Lipinski definition) is 5. The standard InChI is InChI=1S/C31H50O5/c1-5-31(35,6-2)17-8-7-10-22(3)25-14-15-26-24(11-9-16-30(25,26)4)13-12-23-20-27(33)29(28(34)21-23)36-19-18-32/h7-8,10,12-13,17,22,25-29,32-35H,5-6,9,11,14-16,18-21H2,1-4H3/b10-7+,17-8+,23-12?,24-13+/t22-,25?,26?,27-,28-,29?,30?/m1/s1. The zero-order valence-corrected chi connectivity index (χ0v) is 22.9. The summed E-state index contributed by atoms with van der Waals surface area (Å²) in [5, 5.41) is 40.4. The van der Waals surface area contributed by atoms with E-state index in [-0.39, 0.29) is 13.2 Å². The summed E-state index contributed by atoms with van der Waals surface area (Å²) in [6.07, 6.45) is 19.2. The summed E-state index contributed by atoms with van der Waals surface area (Å²) < 4.78 is 5.45. The van der Waals surface area contributed by atoms with Gasteiger partial charge in [-0.05, 0) is 81.0 Å². The molecular formula is C31H50O5. The summed E-state index contributed by atoms with van der Waals surface area (Å²) in [6, 6.07) is 0. The Balaban J connectivity index is 1.66. The first-order chi connectivity index (χ1) is 17.2. The molecule has 0 aliphatic heterocycles. The Kier molecular flexibility index (Phi) is 10.6. The predicted molar refractivity (Wildman–Crippen MR) is 145 cm³/mol. The van der Waals surface area contributed by atoms with Crippen molar-refractivity contribution in [2.75, 3.05) is 13.2 Å². The van der Waals surface area contributed by atoms with Crippen LogP contribution in [0.25, 0.3) is 0 Å². The summed E-state index contributed by atoms with van der Waals surface area (Å²) in [5.41, 5.74) is 2.18. The van der Waals surface area contributed by atoms with Crippen LogP contribution in [0.5, 0.6) is 0 Å². The van der Waals surface area contributed by atoms with Crippen molar-refractivity contribution in [3.63, 3.8) is 0 Å². The van der Waals surface area contributed by atoms with Crippen LogP contribution in [0.2, 0.25) is 0 Å². The lowest BCUT2D eigenvalue weighted by atomic mass is 9.61. The van der Waals surface area contributed by atoms with E-state index in [4.69, 9.17) is 9.84 Å². The lowest BCUT2D eigenvalue weighted by Crippen LogP contribution is -2.44. The molecule has 5 nitrogen and oxygen atoms in total. The Morgan fingerprint density at radius 1 is 1.08 bits per heavy atom. The van der Waals surface area contributed by atoms with E-state index in [0.717, 1.165) is 24.8 Å². The van der Waals surface area contributed by atoms with Gasteiger partial charge in [0.1, 0.15) is 6.10 Å². The Morgan fingerprint density at radius 2 is 1.78 bits per heavy atom. The fraction of sp³-hybridized carbons (Fsp3) is 0.742. The van der Waals surface area contributed by atoms with Gasteiger partial charge in [-0.3, -0.25) is 0 Å². The molecule has 6 atom stereocenters. The average Bonchev–Trinajstić information content (AvgIpc) is 3.22. The number of fused-ring (bicyclic) bond motifs is 1. The number of rotatable bonds is 10. The van der Waals surface area contributed by atoms with Crippen molar-refractivity contribution in [2.45, 2.75) is 109 Å². The molecule has 3 rings (SSSR count). The van der Waals surface area contributed by atoms with Gasteiger partial charge >= 0.3 is 0 Å². The van der Waals surface area contributed by atoms with Gasteiger partial charge in [0.25, 0.3) is 0 Å². The zero-order chi connectivity index (χ0) is 26.3. The summed E-state index contributed by atoms with van der Waals surface area (Å²) in [4.78, 5) is 0. The fourth-order valence-electron chi connectivity index (χ4n) is 7.12. The highest BCUT2D eigenvalue weighted by atomic mass is 16.5. The van der Waals surface area contributed by atoms with Crippen molar-refractivity contribution in [1.82, 2.24) is 0 Å². The highest BCUT2D eigenvalue weighted by molar-refractivity contribution is 5.27. The van der Waals surface area contributed by atoms with Crippen LogP contribution in [-0.4, -0.2) is 57.6 Å². The van der Waals surface area contributed by atoms with Gasteiger partial charge in [-0.1, -0.05) is 75.3 Å². The molecule has 3 aliphatic carbocycles. The zero-order valence-electron chi connectivity index (χ0n) is 22.9. The molecule has 0 saturated heterocycles. The van der Waals surface area contributed by atoms with Crippen LogP contribution < -0.4 is 0 Å². The van der Waals surface area contributed by atoms with Gasteiger partial charge in [-0.25, -0.2) is 0 Å². The molecule has 0 radical (unpaired) electrons. The molecule has 36 heavy (non-hydrogen) atoms. The molecule has 4 N–H and O–H groups in total. The number of ether oxygens (including phenoxy) is 1. The molecule has 204 valence electrons. The van der Waals surface area contributed by atoms with E-state index >= 15 is 0 Å². The van der Waals surface area contributed by atoms with E-state index in [9.17, 15) is 15.3 Å². The molecular weight excluding hydrogens is 452 g/mol. The van der Waals surface area contributed by atoms with Gasteiger partial charge in [0.05, 0.1) is 31.0 Å². The first-order valence-corrected chi connectivity index (χ1v) is 14.2. The highest BCUT2D eigenvalue weighted by Crippen LogP contribution is 2.59. The first kappa shape index (κ1) is 29.3. The van der Waals surface area contributed by atoms with Gasteiger partial charge < -0.3 is 25.2 Å². The smallest absolute Gasteiger partial charge is 0.110 e. The van der Waals surface area contributed by atoms with E-state index in [1.54, 1.807) is 0 Å². The van der Waals surface area contributed by atoms with Gasteiger partial charge in [-0.2, -0.15) is 0 Å². The Hall–Kier alpha value is -1.24. The Labute approximate surface area is 218 Å². The topological polar surface area (TPSA) is 90.2 Å². The third kappa shape index (κ3) is 6.79.